The Labute approximate surface area is 151 Å². The largest absolute Gasteiger partial charge is 0.336 e. The second-order valence-corrected chi connectivity index (χ2v) is 8.18. The maximum Gasteiger partial charge on any atom is 0.237 e. The second kappa shape index (κ2) is 7.46. The zero-order valence-corrected chi connectivity index (χ0v) is 15.1. The van der Waals surface area contributed by atoms with E-state index < -0.39 is 0 Å². The summed E-state index contributed by atoms with van der Waals surface area (Å²) in [5.74, 6) is 1.27. The molecule has 4 nitrogen and oxygen atoms in total. The van der Waals surface area contributed by atoms with Gasteiger partial charge in [0.05, 0.1) is 6.54 Å². The number of carbonyl (C=O) groups is 1. The topological polar surface area (TPSA) is 49.6 Å². The number of carbonyl (C=O) groups excluding carboxylic acids is 1. The van der Waals surface area contributed by atoms with Gasteiger partial charge in [-0.2, -0.15) is 0 Å². The van der Waals surface area contributed by atoms with Gasteiger partial charge < -0.3 is 10.6 Å². The summed E-state index contributed by atoms with van der Waals surface area (Å²) in [6, 6.07) is 11.7. The van der Waals surface area contributed by atoms with Crippen LogP contribution >= 0.6 is 0 Å². The van der Waals surface area contributed by atoms with Crippen LogP contribution in [0.1, 0.15) is 50.0 Å². The predicted molar refractivity (Wildman–Crippen MR) is 100 cm³/mol. The third-order valence-corrected chi connectivity index (χ3v) is 6.35. The van der Waals surface area contributed by atoms with E-state index in [2.05, 4.69) is 40.1 Å². The average molecular weight is 341 g/mol. The molecular formula is C21H31N3O. The molecule has 0 unspecified atom stereocenters. The summed E-state index contributed by atoms with van der Waals surface area (Å²) in [5.41, 5.74) is 7.41. The molecule has 2 atom stereocenters. The number of nitrogens with zero attached hydrogens (tertiary/aromatic N) is 2. The van der Waals surface area contributed by atoms with E-state index in [1.54, 1.807) is 0 Å². The summed E-state index contributed by atoms with van der Waals surface area (Å²) >= 11 is 0. The number of hydrogen-bond acceptors (Lipinski definition) is 3. The molecule has 3 fully saturated rings. The summed E-state index contributed by atoms with van der Waals surface area (Å²) in [4.78, 5) is 17.7. The van der Waals surface area contributed by atoms with Crippen molar-refractivity contribution < 1.29 is 4.79 Å². The molecule has 2 saturated carbocycles. The van der Waals surface area contributed by atoms with E-state index in [9.17, 15) is 4.79 Å². The van der Waals surface area contributed by atoms with E-state index in [0.717, 1.165) is 13.1 Å². The van der Waals surface area contributed by atoms with Gasteiger partial charge in [0.2, 0.25) is 5.91 Å². The summed E-state index contributed by atoms with van der Waals surface area (Å²) in [7, 11) is 0. The van der Waals surface area contributed by atoms with Crippen LogP contribution in [-0.2, 0) is 4.79 Å². The first-order valence-electron chi connectivity index (χ1n) is 10.0. The lowest BCUT2D eigenvalue weighted by atomic mass is 9.89. The third-order valence-electron chi connectivity index (χ3n) is 6.35. The summed E-state index contributed by atoms with van der Waals surface area (Å²) in [6.07, 6.45) is 7.41. The SMILES string of the molecule is NC[C@@H]1CN(CC(=O)N(C2CCCC2)C2CC2)C[C@H]1c1ccccc1. The van der Waals surface area contributed by atoms with E-state index in [-0.39, 0.29) is 0 Å². The Morgan fingerprint density at radius 2 is 1.72 bits per heavy atom. The Morgan fingerprint density at radius 1 is 1.04 bits per heavy atom. The molecule has 1 amide bonds. The third kappa shape index (κ3) is 3.75. The number of amides is 1. The fraction of sp³-hybridized carbons (Fsp3) is 0.667. The van der Waals surface area contributed by atoms with Gasteiger partial charge in [0.15, 0.2) is 0 Å². The minimum absolute atomic E-state index is 0.360. The first-order chi connectivity index (χ1) is 12.3. The van der Waals surface area contributed by atoms with Crippen molar-refractivity contribution in [3.05, 3.63) is 35.9 Å². The maximum atomic E-state index is 13.1. The normalized spacial score (nSPS) is 27.7. The molecule has 0 aromatic heterocycles. The number of likely N-dealkylation sites (tertiary alicyclic amines) is 1. The average Bonchev–Trinajstić information content (AvgIpc) is 3.15. The second-order valence-electron chi connectivity index (χ2n) is 8.18. The maximum absolute atomic E-state index is 13.1. The molecule has 25 heavy (non-hydrogen) atoms. The summed E-state index contributed by atoms with van der Waals surface area (Å²) < 4.78 is 0. The lowest BCUT2D eigenvalue weighted by Crippen LogP contribution is -2.45. The van der Waals surface area contributed by atoms with Gasteiger partial charge in [-0.1, -0.05) is 43.2 Å². The lowest BCUT2D eigenvalue weighted by molar-refractivity contribution is -0.135. The molecular weight excluding hydrogens is 310 g/mol. The first-order valence-corrected chi connectivity index (χ1v) is 10.0. The molecule has 1 aliphatic heterocycles. The molecule has 136 valence electrons. The van der Waals surface area contributed by atoms with Crippen LogP contribution in [0, 0.1) is 5.92 Å². The Morgan fingerprint density at radius 3 is 2.36 bits per heavy atom. The zero-order valence-electron chi connectivity index (χ0n) is 15.1. The van der Waals surface area contributed by atoms with Crippen molar-refractivity contribution in [2.45, 2.75) is 56.5 Å². The van der Waals surface area contributed by atoms with Crippen molar-refractivity contribution in [3.8, 4) is 0 Å². The zero-order chi connectivity index (χ0) is 17.2. The number of benzene rings is 1. The van der Waals surface area contributed by atoms with Crippen LogP contribution < -0.4 is 5.73 Å². The quantitative estimate of drug-likeness (QED) is 0.865. The fourth-order valence-electron chi connectivity index (χ4n) is 4.92. The molecule has 2 aliphatic carbocycles. The lowest BCUT2D eigenvalue weighted by Gasteiger charge is -2.31. The number of rotatable bonds is 6. The Balaban J connectivity index is 1.41. The van der Waals surface area contributed by atoms with E-state index in [1.165, 1.54) is 44.1 Å². The predicted octanol–water partition coefficient (Wildman–Crippen LogP) is 2.59. The van der Waals surface area contributed by atoms with Gasteiger partial charge in [0.1, 0.15) is 0 Å². The molecule has 3 aliphatic rings. The molecule has 1 aromatic carbocycles. The van der Waals surface area contributed by atoms with Crippen molar-refractivity contribution in [1.82, 2.24) is 9.80 Å². The van der Waals surface area contributed by atoms with Crippen molar-refractivity contribution in [1.29, 1.82) is 0 Å². The number of hydrogen-bond donors (Lipinski definition) is 1. The van der Waals surface area contributed by atoms with Gasteiger partial charge in [-0.3, -0.25) is 9.69 Å². The van der Waals surface area contributed by atoms with Crippen LogP contribution in [0.3, 0.4) is 0 Å². The minimum Gasteiger partial charge on any atom is -0.336 e. The van der Waals surface area contributed by atoms with Crippen molar-refractivity contribution in [2.75, 3.05) is 26.2 Å². The molecule has 1 heterocycles. The Kier molecular flexibility index (Phi) is 5.09. The minimum atomic E-state index is 0.360. The van der Waals surface area contributed by atoms with E-state index in [0.29, 0.717) is 42.9 Å². The number of nitrogens with two attached hydrogens (primary N) is 1. The van der Waals surface area contributed by atoms with Crippen molar-refractivity contribution >= 4 is 5.91 Å². The van der Waals surface area contributed by atoms with E-state index >= 15 is 0 Å². The molecule has 0 radical (unpaired) electrons. The Bertz CT molecular complexity index is 580. The van der Waals surface area contributed by atoms with Crippen LogP contribution in [0.4, 0.5) is 0 Å². The van der Waals surface area contributed by atoms with Crippen LogP contribution in [0.15, 0.2) is 30.3 Å². The van der Waals surface area contributed by atoms with Gasteiger partial charge in [-0.25, -0.2) is 0 Å². The molecule has 0 spiro atoms. The molecule has 1 saturated heterocycles. The highest BCUT2D eigenvalue weighted by molar-refractivity contribution is 5.79. The summed E-state index contributed by atoms with van der Waals surface area (Å²) in [6.45, 7) is 3.18. The van der Waals surface area contributed by atoms with E-state index in [1.807, 2.05) is 0 Å². The van der Waals surface area contributed by atoms with Crippen LogP contribution in [0.2, 0.25) is 0 Å². The molecule has 2 N–H and O–H groups in total. The van der Waals surface area contributed by atoms with Crippen molar-refractivity contribution in [2.24, 2.45) is 11.7 Å². The van der Waals surface area contributed by atoms with E-state index in [4.69, 9.17) is 5.73 Å². The van der Waals surface area contributed by atoms with Gasteiger partial charge in [0, 0.05) is 31.1 Å². The summed E-state index contributed by atoms with van der Waals surface area (Å²) in [5, 5.41) is 0. The Hall–Kier alpha value is -1.39. The van der Waals surface area contributed by atoms with Crippen LogP contribution in [0.25, 0.3) is 0 Å². The highest BCUT2D eigenvalue weighted by atomic mass is 16.2. The van der Waals surface area contributed by atoms with Crippen LogP contribution in [0.5, 0.6) is 0 Å². The van der Waals surface area contributed by atoms with Gasteiger partial charge in [0.25, 0.3) is 0 Å². The molecule has 4 rings (SSSR count). The monoisotopic (exact) mass is 341 g/mol. The fourth-order valence-corrected chi connectivity index (χ4v) is 4.92. The highest BCUT2D eigenvalue weighted by Crippen LogP contribution is 2.36. The van der Waals surface area contributed by atoms with Gasteiger partial charge in [-0.15, -0.1) is 0 Å². The molecule has 4 heteroatoms. The van der Waals surface area contributed by atoms with Crippen LogP contribution in [-0.4, -0.2) is 54.0 Å². The van der Waals surface area contributed by atoms with Gasteiger partial charge in [-0.05, 0) is 43.7 Å². The highest BCUT2D eigenvalue weighted by Gasteiger charge is 2.40. The standard InChI is InChI=1S/C21H31N3O/c22-12-17-13-23(14-20(17)16-6-2-1-3-7-16)15-21(25)24(19-10-11-19)18-8-4-5-9-18/h1-3,6-7,17-20H,4-5,8-15,22H2/t17-,20+/m1/s1. The van der Waals surface area contributed by atoms with Crippen molar-refractivity contribution in [3.63, 3.8) is 0 Å². The molecule has 0 bridgehead atoms. The van der Waals surface area contributed by atoms with Gasteiger partial charge >= 0.3 is 0 Å². The smallest absolute Gasteiger partial charge is 0.237 e. The molecule has 1 aromatic rings. The first kappa shape index (κ1) is 17.0.